The van der Waals surface area contributed by atoms with Crippen molar-refractivity contribution in [1.29, 1.82) is 0 Å². The maximum atomic E-state index is 11.6. The molecular weight excluding hydrogens is 286 g/mol. The van der Waals surface area contributed by atoms with Gasteiger partial charge in [0.2, 0.25) is 5.91 Å². The summed E-state index contributed by atoms with van der Waals surface area (Å²) >= 11 is 5.93. The number of carbonyl (C=O) groups is 3. The van der Waals surface area contributed by atoms with Crippen molar-refractivity contribution >= 4 is 29.4 Å². The van der Waals surface area contributed by atoms with E-state index in [0.717, 1.165) is 5.56 Å². The van der Waals surface area contributed by atoms with Gasteiger partial charge in [-0.05, 0) is 18.1 Å². The summed E-state index contributed by atoms with van der Waals surface area (Å²) in [5.41, 5.74) is 0.773. The Kier molecular flexibility index (Phi) is 5.99. The number of hydrogen-bond acceptors (Lipinski definition) is 3. The minimum absolute atomic E-state index is 0.0349. The Morgan fingerprint density at radius 2 is 1.85 bits per heavy atom. The first-order chi connectivity index (χ1) is 9.40. The van der Waals surface area contributed by atoms with E-state index >= 15 is 0 Å². The number of carboxylic acid groups (broad SMARTS) is 2. The monoisotopic (exact) mass is 299 g/mol. The SMILES string of the molecule is O=C(O)CC(NC(=O)CCc1ccccc1Cl)C(=O)O. The predicted octanol–water partition coefficient (Wildman–Crippen LogP) is 1.32. The van der Waals surface area contributed by atoms with E-state index in [-0.39, 0.29) is 6.42 Å². The van der Waals surface area contributed by atoms with Gasteiger partial charge < -0.3 is 15.5 Å². The van der Waals surface area contributed by atoms with Crippen molar-refractivity contribution in [2.45, 2.75) is 25.3 Å². The lowest BCUT2D eigenvalue weighted by molar-refractivity contribution is -0.147. The molecule has 1 atom stereocenters. The zero-order chi connectivity index (χ0) is 15.1. The van der Waals surface area contributed by atoms with Gasteiger partial charge in [-0.2, -0.15) is 0 Å². The highest BCUT2D eigenvalue weighted by Crippen LogP contribution is 2.16. The van der Waals surface area contributed by atoms with Crippen LogP contribution in [0.25, 0.3) is 0 Å². The Balaban J connectivity index is 2.52. The van der Waals surface area contributed by atoms with Gasteiger partial charge in [-0.15, -0.1) is 0 Å². The van der Waals surface area contributed by atoms with E-state index in [4.69, 9.17) is 21.8 Å². The van der Waals surface area contributed by atoms with Crippen LogP contribution in [0.2, 0.25) is 5.02 Å². The number of benzene rings is 1. The van der Waals surface area contributed by atoms with Gasteiger partial charge in [0.15, 0.2) is 0 Å². The summed E-state index contributed by atoms with van der Waals surface area (Å²) < 4.78 is 0. The van der Waals surface area contributed by atoms with Crippen LogP contribution in [0.5, 0.6) is 0 Å². The molecule has 0 saturated heterocycles. The summed E-state index contributed by atoms with van der Waals surface area (Å²) in [4.78, 5) is 32.9. The van der Waals surface area contributed by atoms with Gasteiger partial charge in [-0.3, -0.25) is 9.59 Å². The molecule has 20 heavy (non-hydrogen) atoms. The summed E-state index contributed by atoms with van der Waals surface area (Å²) in [5.74, 6) is -3.19. The molecule has 3 N–H and O–H groups in total. The van der Waals surface area contributed by atoms with Crippen LogP contribution >= 0.6 is 11.6 Å². The third kappa shape index (κ3) is 5.27. The van der Waals surface area contributed by atoms with E-state index in [9.17, 15) is 14.4 Å². The number of hydrogen-bond donors (Lipinski definition) is 3. The predicted molar refractivity (Wildman–Crippen MR) is 71.6 cm³/mol. The molecular formula is C13H14ClNO5. The van der Waals surface area contributed by atoms with Crippen LogP contribution in [0.1, 0.15) is 18.4 Å². The fraction of sp³-hybridized carbons (Fsp3) is 0.308. The topological polar surface area (TPSA) is 104 Å². The minimum Gasteiger partial charge on any atom is -0.481 e. The quantitative estimate of drug-likeness (QED) is 0.704. The Hall–Kier alpha value is -2.08. The number of carboxylic acids is 2. The number of halogens is 1. The summed E-state index contributed by atoms with van der Waals surface area (Å²) in [5, 5.41) is 20.1. The molecule has 0 heterocycles. The first-order valence-electron chi connectivity index (χ1n) is 5.87. The van der Waals surface area contributed by atoms with Crippen molar-refractivity contribution in [3.05, 3.63) is 34.9 Å². The van der Waals surface area contributed by atoms with E-state index < -0.39 is 30.3 Å². The lowest BCUT2D eigenvalue weighted by Gasteiger charge is -2.12. The minimum atomic E-state index is -1.42. The number of carbonyl (C=O) groups excluding carboxylic acids is 1. The molecule has 1 amide bonds. The molecule has 6 nitrogen and oxygen atoms in total. The van der Waals surface area contributed by atoms with E-state index in [2.05, 4.69) is 5.32 Å². The third-order valence-electron chi connectivity index (χ3n) is 2.59. The smallest absolute Gasteiger partial charge is 0.326 e. The number of amides is 1. The van der Waals surface area contributed by atoms with Crippen molar-refractivity contribution in [2.24, 2.45) is 0 Å². The molecule has 1 aromatic carbocycles. The zero-order valence-corrected chi connectivity index (χ0v) is 11.3. The fourth-order valence-electron chi connectivity index (χ4n) is 1.59. The second kappa shape index (κ2) is 7.49. The largest absolute Gasteiger partial charge is 0.481 e. The first-order valence-corrected chi connectivity index (χ1v) is 6.25. The fourth-order valence-corrected chi connectivity index (χ4v) is 1.82. The average molecular weight is 300 g/mol. The maximum Gasteiger partial charge on any atom is 0.326 e. The number of aryl methyl sites for hydroxylation is 1. The van der Waals surface area contributed by atoms with Gasteiger partial charge >= 0.3 is 11.9 Å². The molecule has 1 rings (SSSR count). The molecule has 1 aromatic rings. The van der Waals surface area contributed by atoms with E-state index in [1.165, 1.54) is 0 Å². The Morgan fingerprint density at radius 1 is 1.20 bits per heavy atom. The summed E-state index contributed by atoms with van der Waals surface area (Å²) in [6.07, 6.45) is -0.273. The molecule has 7 heteroatoms. The molecule has 0 aliphatic carbocycles. The number of nitrogens with one attached hydrogen (secondary N) is 1. The van der Waals surface area contributed by atoms with Crippen molar-refractivity contribution in [2.75, 3.05) is 0 Å². The first kappa shape index (κ1) is 16.0. The van der Waals surface area contributed by atoms with Gasteiger partial charge in [0.25, 0.3) is 0 Å². The van der Waals surface area contributed by atoms with Gasteiger partial charge in [-0.25, -0.2) is 4.79 Å². The molecule has 0 spiro atoms. The van der Waals surface area contributed by atoms with Crippen molar-refractivity contribution < 1.29 is 24.6 Å². The number of aliphatic carboxylic acids is 2. The van der Waals surface area contributed by atoms with Gasteiger partial charge in [0, 0.05) is 11.4 Å². The molecule has 0 bridgehead atoms. The second-order valence-electron chi connectivity index (χ2n) is 4.15. The highest BCUT2D eigenvalue weighted by Gasteiger charge is 2.22. The molecule has 0 saturated carbocycles. The summed E-state index contributed by atoms with van der Waals surface area (Å²) in [6, 6.07) is 5.58. The Bertz CT molecular complexity index is 517. The highest BCUT2D eigenvalue weighted by molar-refractivity contribution is 6.31. The van der Waals surface area contributed by atoms with Crippen LogP contribution in [-0.4, -0.2) is 34.1 Å². The van der Waals surface area contributed by atoms with E-state index in [1.807, 2.05) is 0 Å². The van der Waals surface area contributed by atoms with Gasteiger partial charge in [0.05, 0.1) is 6.42 Å². The Morgan fingerprint density at radius 3 is 2.40 bits per heavy atom. The summed E-state index contributed by atoms with van der Waals surface area (Å²) in [6.45, 7) is 0. The standard InChI is InChI=1S/C13H14ClNO5/c14-9-4-2-1-3-8(9)5-6-11(16)15-10(13(19)20)7-12(17)18/h1-4,10H,5-7H2,(H,15,16)(H,17,18)(H,19,20). The van der Waals surface area contributed by atoms with Crippen molar-refractivity contribution in [3.8, 4) is 0 Å². The van der Waals surface area contributed by atoms with Crippen LogP contribution in [0, 0.1) is 0 Å². The maximum absolute atomic E-state index is 11.6. The van der Waals surface area contributed by atoms with E-state index in [1.54, 1.807) is 24.3 Å². The molecule has 108 valence electrons. The van der Waals surface area contributed by atoms with Crippen LogP contribution in [-0.2, 0) is 20.8 Å². The molecule has 1 unspecified atom stereocenters. The van der Waals surface area contributed by atoms with Crippen LogP contribution in [0.15, 0.2) is 24.3 Å². The summed E-state index contributed by atoms with van der Waals surface area (Å²) in [7, 11) is 0. The van der Waals surface area contributed by atoms with Crippen LogP contribution in [0.4, 0.5) is 0 Å². The zero-order valence-electron chi connectivity index (χ0n) is 10.5. The van der Waals surface area contributed by atoms with Gasteiger partial charge in [0.1, 0.15) is 6.04 Å². The third-order valence-corrected chi connectivity index (χ3v) is 2.96. The normalized spacial score (nSPS) is 11.7. The van der Waals surface area contributed by atoms with Gasteiger partial charge in [-0.1, -0.05) is 29.8 Å². The molecule has 0 aliphatic rings. The number of rotatable bonds is 7. The van der Waals surface area contributed by atoms with Crippen LogP contribution in [0.3, 0.4) is 0 Å². The lowest BCUT2D eigenvalue weighted by atomic mass is 10.1. The second-order valence-corrected chi connectivity index (χ2v) is 4.55. The molecule has 0 radical (unpaired) electrons. The van der Waals surface area contributed by atoms with Crippen molar-refractivity contribution in [3.63, 3.8) is 0 Å². The lowest BCUT2D eigenvalue weighted by Crippen LogP contribution is -2.42. The van der Waals surface area contributed by atoms with Crippen LogP contribution < -0.4 is 5.32 Å². The Labute approximate surface area is 120 Å². The average Bonchev–Trinajstić information content (AvgIpc) is 2.36. The highest BCUT2D eigenvalue weighted by atomic mass is 35.5. The molecule has 0 aromatic heterocycles. The van der Waals surface area contributed by atoms with E-state index in [0.29, 0.717) is 11.4 Å². The molecule has 0 aliphatic heterocycles. The molecule has 0 fully saturated rings. The van der Waals surface area contributed by atoms with Crippen molar-refractivity contribution in [1.82, 2.24) is 5.32 Å².